The molecular formula is C9H20BF4N+4. The standard InChI is InChI=1S/C8H20N.C.BF4/c1-5-9(6-2,7-3)8-4;;2-1(3,4)5/h5-8H2,1-4H3;;/q+1;+4;-1. The molecule has 0 aromatic heterocycles. The van der Waals surface area contributed by atoms with E-state index in [0.717, 1.165) is 0 Å². The van der Waals surface area contributed by atoms with Crippen molar-refractivity contribution in [3.63, 3.8) is 0 Å². The third-order valence-electron chi connectivity index (χ3n) is 2.68. The van der Waals surface area contributed by atoms with E-state index in [0.29, 0.717) is 0 Å². The van der Waals surface area contributed by atoms with Gasteiger partial charge >= 0.3 is 14.7 Å². The Labute approximate surface area is 91.2 Å². The molecule has 0 N–H and O–H groups in total. The van der Waals surface area contributed by atoms with E-state index in [1.165, 1.54) is 30.7 Å². The van der Waals surface area contributed by atoms with E-state index < -0.39 is 7.25 Å². The van der Waals surface area contributed by atoms with Crippen molar-refractivity contribution in [2.75, 3.05) is 26.2 Å². The topological polar surface area (TPSA) is 0 Å². The van der Waals surface area contributed by atoms with Crippen molar-refractivity contribution in [3.8, 4) is 0 Å². The van der Waals surface area contributed by atoms with Gasteiger partial charge in [0.25, 0.3) is 0 Å². The van der Waals surface area contributed by atoms with Crippen LogP contribution >= 0.6 is 0 Å². The molecule has 0 heterocycles. The van der Waals surface area contributed by atoms with Crippen LogP contribution in [0.1, 0.15) is 27.7 Å². The summed E-state index contributed by atoms with van der Waals surface area (Å²) < 4.78 is 40.3. The van der Waals surface area contributed by atoms with Crippen LogP contribution in [0.4, 0.5) is 17.3 Å². The molecule has 0 radical (unpaired) electrons. The average Bonchev–Trinajstić information content (AvgIpc) is 2.07. The van der Waals surface area contributed by atoms with Crippen LogP contribution in [-0.4, -0.2) is 37.9 Å². The molecule has 0 saturated carbocycles. The molecule has 0 unspecified atom stereocenters. The normalized spacial score (nSPS) is 11.2. The van der Waals surface area contributed by atoms with Crippen LogP contribution in [0.25, 0.3) is 0 Å². The molecule has 88 valence electrons. The van der Waals surface area contributed by atoms with Crippen molar-refractivity contribution in [1.29, 1.82) is 0 Å². The quantitative estimate of drug-likeness (QED) is 0.394. The van der Waals surface area contributed by atoms with Gasteiger partial charge in [0.2, 0.25) is 0 Å². The Hall–Kier alpha value is -0.255. The molecule has 0 fully saturated rings. The largest absolute Gasteiger partial charge is 4.00 e. The first-order valence-corrected chi connectivity index (χ1v) is 4.97. The number of halogens is 4. The first-order chi connectivity index (χ1) is 6.24. The molecule has 6 heteroatoms. The minimum absolute atomic E-state index is 0. The maximum absolute atomic E-state index is 9.75. The van der Waals surface area contributed by atoms with Crippen molar-refractivity contribution < 1.29 is 21.7 Å². The molecule has 0 aliphatic carbocycles. The first-order valence-electron chi connectivity index (χ1n) is 4.97. The molecular weight excluding hydrogens is 209 g/mol. The van der Waals surface area contributed by atoms with Gasteiger partial charge in [0.05, 0.1) is 26.2 Å². The summed E-state index contributed by atoms with van der Waals surface area (Å²) in [6, 6.07) is 0. The van der Waals surface area contributed by atoms with Crippen molar-refractivity contribution in [1.82, 2.24) is 0 Å². The SMILES string of the molecule is CC[N+](CC)(CC)CC.F[B-](F)(F)F.[C+4]. The van der Waals surface area contributed by atoms with Crippen molar-refractivity contribution in [3.05, 3.63) is 7.43 Å². The molecule has 0 bridgehead atoms. The van der Waals surface area contributed by atoms with Crippen LogP contribution in [0.2, 0.25) is 0 Å². The average molecular weight is 229 g/mol. The molecule has 0 saturated heterocycles. The third kappa shape index (κ3) is 13.7. The third-order valence-corrected chi connectivity index (χ3v) is 2.68. The maximum atomic E-state index is 9.75. The number of hydrogen-bond donors (Lipinski definition) is 0. The number of hydrogen-bond acceptors (Lipinski definition) is 0. The Bertz CT molecular complexity index is 111. The van der Waals surface area contributed by atoms with Crippen LogP contribution in [0.15, 0.2) is 0 Å². The molecule has 1 nitrogen and oxygen atoms in total. The van der Waals surface area contributed by atoms with E-state index in [1.807, 2.05) is 0 Å². The summed E-state index contributed by atoms with van der Waals surface area (Å²) in [6.45, 7) is 14.2. The van der Waals surface area contributed by atoms with Crippen LogP contribution in [0.5, 0.6) is 0 Å². The number of quaternary nitrogens is 1. The zero-order valence-electron chi connectivity index (χ0n) is 9.86. The Morgan fingerprint density at radius 1 is 0.733 bits per heavy atom. The molecule has 0 aromatic rings. The number of nitrogens with zero attached hydrogens (tertiary/aromatic N) is 1. The Morgan fingerprint density at radius 2 is 0.867 bits per heavy atom. The molecule has 0 amide bonds. The molecule has 15 heavy (non-hydrogen) atoms. The maximum Gasteiger partial charge on any atom is 4.00 e. The van der Waals surface area contributed by atoms with E-state index >= 15 is 0 Å². The summed E-state index contributed by atoms with van der Waals surface area (Å²) in [5.74, 6) is 0. The van der Waals surface area contributed by atoms with Gasteiger partial charge in [-0.3, -0.25) is 0 Å². The monoisotopic (exact) mass is 229 g/mol. The van der Waals surface area contributed by atoms with Crippen LogP contribution < -0.4 is 0 Å². The Morgan fingerprint density at radius 3 is 0.867 bits per heavy atom. The Kier molecular flexibility index (Phi) is 12.1. The summed E-state index contributed by atoms with van der Waals surface area (Å²) in [5.41, 5.74) is 0. The minimum atomic E-state index is -6.00. The van der Waals surface area contributed by atoms with Crippen LogP contribution in [-0.2, 0) is 0 Å². The summed E-state index contributed by atoms with van der Waals surface area (Å²) in [5, 5.41) is 0. The van der Waals surface area contributed by atoms with E-state index in [2.05, 4.69) is 27.7 Å². The minimum Gasteiger partial charge on any atom is -0.418 e. The van der Waals surface area contributed by atoms with Crippen molar-refractivity contribution >= 4 is 7.25 Å². The fourth-order valence-electron chi connectivity index (χ4n) is 1.34. The summed E-state index contributed by atoms with van der Waals surface area (Å²) in [7, 11) is -6.00. The van der Waals surface area contributed by atoms with Gasteiger partial charge in [-0.1, -0.05) is 0 Å². The molecule has 0 spiro atoms. The molecule has 0 aliphatic rings. The summed E-state index contributed by atoms with van der Waals surface area (Å²) in [4.78, 5) is 0. The molecule has 0 aliphatic heterocycles. The zero-order valence-corrected chi connectivity index (χ0v) is 9.86. The van der Waals surface area contributed by atoms with Gasteiger partial charge in [-0.2, -0.15) is 0 Å². The van der Waals surface area contributed by atoms with Crippen LogP contribution in [0, 0.1) is 7.43 Å². The Balaban J connectivity index is -0.000000208. The molecule has 0 aromatic carbocycles. The van der Waals surface area contributed by atoms with Gasteiger partial charge in [-0.05, 0) is 27.7 Å². The summed E-state index contributed by atoms with van der Waals surface area (Å²) >= 11 is 0. The van der Waals surface area contributed by atoms with E-state index in [9.17, 15) is 17.3 Å². The van der Waals surface area contributed by atoms with Crippen LogP contribution in [0.3, 0.4) is 0 Å². The van der Waals surface area contributed by atoms with Gasteiger partial charge in [0.15, 0.2) is 0 Å². The van der Waals surface area contributed by atoms with Gasteiger partial charge in [0.1, 0.15) is 0 Å². The first kappa shape index (κ1) is 20.2. The predicted molar refractivity (Wildman–Crippen MR) is 55.9 cm³/mol. The number of rotatable bonds is 4. The fraction of sp³-hybridized carbons (Fsp3) is 0.889. The van der Waals surface area contributed by atoms with E-state index in [-0.39, 0.29) is 7.43 Å². The second-order valence-corrected chi connectivity index (χ2v) is 3.10. The summed E-state index contributed by atoms with van der Waals surface area (Å²) in [6.07, 6.45) is 0. The van der Waals surface area contributed by atoms with Gasteiger partial charge in [0, 0.05) is 0 Å². The molecule has 0 rings (SSSR count). The molecule has 0 atom stereocenters. The smallest absolute Gasteiger partial charge is 0.418 e. The van der Waals surface area contributed by atoms with Crippen molar-refractivity contribution in [2.45, 2.75) is 27.7 Å². The fourth-order valence-corrected chi connectivity index (χ4v) is 1.34. The second-order valence-electron chi connectivity index (χ2n) is 3.10. The second kappa shape index (κ2) is 9.01. The zero-order chi connectivity index (χ0) is 11.8. The predicted octanol–water partition coefficient (Wildman–Crippen LogP) is 3.26. The van der Waals surface area contributed by atoms with E-state index in [4.69, 9.17) is 0 Å². The van der Waals surface area contributed by atoms with E-state index in [1.54, 1.807) is 0 Å². The van der Waals surface area contributed by atoms with Gasteiger partial charge in [-0.25, -0.2) is 0 Å². The van der Waals surface area contributed by atoms with Gasteiger partial charge < -0.3 is 21.7 Å². The van der Waals surface area contributed by atoms with Crippen molar-refractivity contribution in [2.24, 2.45) is 0 Å². The van der Waals surface area contributed by atoms with Gasteiger partial charge in [-0.15, -0.1) is 0 Å².